The van der Waals surface area contributed by atoms with Crippen LogP contribution in [0.1, 0.15) is 33.0 Å². The number of H-pyrrole nitrogens is 1. The van der Waals surface area contributed by atoms with E-state index in [1.165, 1.54) is 16.7 Å². The highest BCUT2D eigenvalue weighted by molar-refractivity contribution is 8.00. The van der Waals surface area contributed by atoms with Gasteiger partial charge in [0.2, 0.25) is 11.8 Å². The summed E-state index contributed by atoms with van der Waals surface area (Å²) in [6.45, 7) is 4.31. The van der Waals surface area contributed by atoms with Gasteiger partial charge in [0, 0.05) is 21.4 Å². The predicted octanol–water partition coefficient (Wildman–Crippen LogP) is 6.08. The van der Waals surface area contributed by atoms with Gasteiger partial charge in [0.05, 0.1) is 16.6 Å². The first-order chi connectivity index (χ1) is 18.3. The fourth-order valence-electron chi connectivity index (χ4n) is 5.12. The molecule has 3 atom stereocenters. The van der Waals surface area contributed by atoms with Crippen LogP contribution in [0.3, 0.4) is 0 Å². The van der Waals surface area contributed by atoms with E-state index in [9.17, 15) is 14.4 Å². The number of aromatic nitrogens is 1. The third-order valence-corrected chi connectivity index (χ3v) is 9.70. The van der Waals surface area contributed by atoms with Gasteiger partial charge in [0.15, 0.2) is 0 Å². The van der Waals surface area contributed by atoms with Gasteiger partial charge >= 0.3 is 4.87 Å². The molecule has 9 heteroatoms. The van der Waals surface area contributed by atoms with Crippen LogP contribution >= 0.6 is 34.7 Å². The van der Waals surface area contributed by atoms with E-state index in [1.807, 2.05) is 50.2 Å². The summed E-state index contributed by atoms with van der Waals surface area (Å²) in [6, 6.07) is 20.6. The molecule has 1 aromatic heterocycles. The Labute approximate surface area is 232 Å². The second-order valence-corrected chi connectivity index (χ2v) is 12.1. The molecule has 2 amide bonds. The smallest absolute Gasteiger partial charge is 0.305 e. The molecule has 3 aromatic carbocycles. The number of nitrogens with zero attached hydrogens (tertiary/aromatic N) is 1. The van der Waals surface area contributed by atoms with Crippen LogP contribution in [0.25, 0.3) is 0 Å². The molecule has 192 valence electrons. The number of hydrogen-bond donors (Lipinski definition) is 1. The van der Waals surface area contributed by atoms with Crippen molar-refractivity contribution in [3.63, 3.8) is 0 Å². The molecule has 0 saturated carbocycles. The molecule has 0 radical (unpaired) electrons. The lowest BCUT2D eigenvalue weighted by Crippen LogP contribution is -2.32. The first-order valence-electron chi connectivity index (χ1n) is 12.1. The zero-order valence-electron chi connectivity index (χ0n) is 20.6. The number of rotatable bonds is 5. The van der Waals surface area contributed by atoms with Crippen LogP contribution < -0.4 is 14.5 Å². The number of carbonyl (C=O) groups is 2. The Kier molecular flexibility index (Phi) is 6.42. The lowest BCUT2D eigenvalue weighted by molar-refractivity contribution is -0.122. The summed E-state index contributed by atoms with van der Waals surface area (Å²) in [6.07, 6.45) is 0. The van der Waals surface area contributed by atoms with Gasteiger partial charge in [-0.3, -0.25) is 14.4 Å². The van der Waals surface area contributed by atoms with E-state index >= 15 is 0 Å². The van der Waals surface area contributed by atoms with Crippen molar-refractivity contribution in [2.75, 3.05) is 4.90 Å². The zero-order valence-corrected chi connectivity index (χ0v) is 23.0. The van der Waals surface area contributed by atoms with E-state index in [4.69, 9.17) is 16.3 Å². The minimum absolute atomic E-state index is 0.229. The molecule has 1 saturated heterocycles. The largest absolute Gasteiger partial charge is 0.489 e. The molecule has 0 bridgehead atoms. The summed E-state index contributed by atoms with van der Waals surface area (Å²) >= 11 is 8.78. The van der Waals surface area contributed by atoms with Crippen LogP contribution in [0.4, 0.5) is 5.69 Å². The molecule has 3 heterocycles. The standard InChI is InChI=1S/C29H23ClN2O4S2/c1-15-7-10-19(11-8-15)32-27(33)23-22(24-26(31-29(35)38-24)37-25(23)28(32)34)20-13-18(30)9-12-21(20)36-14-17-6-4-3-5-16(17)2/h3-13,22-23,25H,14H2,1-2H3,(H,31,35)/t22-,23?,25?/m1/s1. The monoisotopic (exact) mass is 562 g/mol. The van der Waals surface area contributed by atoms with Crippen molar-refractivity contribution in [1.82, 2.24) is 4.98 Å². The number of thioether (sulfide) groups is 1. The Morgan fingerprint density at radius 1 is 0.974 bits per heavy atom. The van der Waals surface area contributed by atoms with Crippen LogP contribution in [0, 0.1) is 19.8 Å². The Hall–Kier alpha value is -3.33. The number of thiazole rings is 1. The van der Waals surface area contributed by atoms with E-state index in [-0.39, 0.29) is 16.7 Å². The van der Waals surface area contributed by atoms with Crippen LogP contribution in [0.5, 0.6) is 5.75 Å². The minimum atomic E-state index is -0.716. The Morgan fingerprint density at radius 3 is 2.50 bits per heavy atom. The molecule has 0 aliphatic carbocycles. The molecule has 1 fully saturated rings. The molecular weight excluding hydrogens is 540 g/mol. The summed E-state index contributed by atoms with van der Waals surface area (Å²) in [4.78, 5) is 44.7. The average Bonchev–Trinajstić information content (AvgIpc) is 3.39. The maximum atomic E-state index is 14.0. The van der Waals surface area contributed by atoms with E-state index < -0.39 is 17.1 Å². The number of amides is 2. The van der Waals surface area contributed by atoms with Crippen molar-refractivity contribution in [3.8, 4) is 5.75 Å². The minimum Gasteiger partial charge on any atom is -0.489 e. The van der Waals surface area contributed by atoms with Gasteiger partial charge in [-0.1, -0.05) is 76.7 Å². The SMILES string of the molecule is Cc1ccc(N2C(=O)C3Sc4[nH]c(=O)sc4[C@H](c4cc(Cl)ccc4OCc4ccccc4C)C3C2=O)cc1. The topological polar surface area (TPSA) is 79.5 Å². The van der Waals surface area contributed by atoms with Gasteiger partial charge in [-0.2, -0.15) is 0 Å². The summed E-state index contributed by atoms with van der Waals surface area (Å²) in [5.41, 5.74) is 4.40. The van der Waals surface area contributed by atoms with E-state index in [2.05, 4.69) is 4.98 Å². The fraction of sp³-hybridized carbons (Fsp3) is 0.207. The molecule has 2 aliphatic rings. The lowest BCUT2D eigenvalue weighted by Gasteiger charge is -2.31. The lowest BCUT2D eigenvalue weighted by atomic mass is 9.82. The highest BCUT2D eigenvalue weighted by Crippen LogP contribution is 2.54. The molecule has 1 N–H and O–H groups in total. The number of benzene rings is 3. The van der Waals surface area contributed by atoms with Crippen LogP contribution in [0.2, 0.25) is 5.02 Å². The normalized spacial score (nSPS) is 20.4. The highest BCUT2D eigenvalue weighted by Gasteiger charge is 2.56. The summed E-state index contributed by atoms with van der Waals surface area (Å²) in [7, 11) is 0. The number of hydrogen-bond acceptors (Lipinski definition) is 6. The number of imide groups is 1. The predicted molar refractivity (Wildman–Crippen MR) is 151 cm³/mol. The second-order valence-electron chi connectivity index (χ2n) is 9.49. The van der Waals surface area contributed by atoms with E-state index in [0.29, 0.717) is 33.7 Å². The summed E-state index contributed by atoms with van der Waals surface area (Å²) in [5, 5.41) is 0.410. The Balaban J connectivity index is 1.45. The fourth-order valence-corrected chi connectivity index (χ4v) is 7.81. The average molecular weight is 563 g/mol. The second kappa shape index (κ2) is 9.76. The van der Waals surface area contributed by atoms with Crippen LogP contribution in [0.15, 0.2) is 76.6 Å². The Bertz CT molecular complexity index is 1630. The first kappa shape index (κ1) is 25.0. The van der Waals surface area contributed by atoms with Crippen LogP contribution in [-0.4, -0.2) is 22.0 Å². The maximum absolute atomic E-state index is 14.0. The van der Waals surface area contributed by atoms with Crippen molar-refractivity contribution < 1.29 is 14.3 Å². The van der Waals surface area contributed by atoms with Crippen molar-refractivity contribution >= 4 is 52.2 Å². The number of aromatic amines is 1. The van der Waals surface area contributed by atoms with Crippen molar-refractivity contribution in [2.24, 2.45) is 5.92 Å². The van der Waals surface area contributed by atoms with Crippen molar-refractivity contribution in [1.29, 1.82) is 0 Å². The molecule has 2 unspecified atom stereocenters. The number of carbonyl (C=O) groups excluding carboxylic acids is 2. The van der Waals surface area contributed by atoms with Crippen molar-refractivity contribution in [2.45, 2.75) is 36.6 Å². The zero-order chi connectivity index (χ0) is 26.6. The molecule has 4 aromatic rings. The molecular formula is C29H23ClN2O4S2. The van der Waals surface area contributed by atoms with Gasteiger partial charge in [-0.05, 0) is 55.3 Å². The molecule has 2 aliphatic heterocycles. The van der Waals surface area contributed by atoms with Gasteiger partial charge < -0.3 is 9.72 Å². The van der Waals surface area contributed by atoms with Crippen molar-refractivity contribution in [3.05, 3.63) is 109 Å². The molecule has 0 spiro atoms. The molecule has 6 rings (SSSR count). The first-order valence-corrected chi connectivity index (χ1v) is 14.2. The highest BCUT2D eigenvalue weighted by atomic mass is 35.5. The number of ether oxygens (including phenoxy) is 1. The maximum Gasteiger partial charge on any atom is 0.305 e. The van der Waals surface area contributed by atoms with Gasteiger partial charge in [0.25, 0.3) is 0 Å². The number of aryl methyl sites for hydroxylation is 2. The van der Waals surface area contributed by atoms with E-state index in [1.54, 1.807) is 30.3 Å². The third-order valence-electron chi connectivity index (χ3n) is 7.07. The van der Waals surface area contributed by atoms with Gasteiger partial charge in [-0.15, -0.1) is 0 Å². The summed E-state index contributed by atoms with van der Waals surface area (Å²) in [5.74, 6) is -1.31. The molecule has 38 heavy (non-hydrogen) atoms. The Morgan fingerprint density at radius 2 is 1.74 bits per heavy atom. The summed E-state index contributed by atoms with van der Waals surface area (Å²) < 4.78 is 6.31. The third kappa shape index (κ3) is 4.26. The quantitative estimate of drug-likeness (QED) is 0.298. The number of nitrogens with one attached hydrogen (secondary N) is 1. The van der Waals surface area contributed by atoms with Gasteiger partial charge in [0.1, 0.15) is 17.6 Å². The number of anilines is 1. The number of fused-ring (bicyclic) bond motifs is 2. The van der Waals surface area contributed by atoms with Crippen LogP contribution in [-0.2, 0) is 16.2 Å². The molecule has 6 nitrogen and oxygen atoms in total. The van der Waals surface area contributed by atoms with E-state index in [0.717, 1.165) is 32.9 Å². The number of halogens is 1. The van der Waals surface area contributed by atoms with Gasteiger partial charge in [-0.25, -0.2) is 4.90 Å².